The van der Waals surface area contributed by atoms with Gasteiger partial charge in [-0.15, -0.1) is 0 Å². The van der Waals surface area contributed by atoms with Crippen LogP contribution in [0, 0.1) is 57.2 Å². The smallest absolute Gasteiger partial charge is 0.331 e. The highest BCUT2D eigenvalue weighted by Crippen LogP contribution is 3.31. The van der Waals surface area contributed by atoms with Crippen LogP contribution in [0.4, 0.5) is 13.2 Å². The number of rotatable bonds is 2. The van der Waals surface area contributed by atoms with Gasteiger partial charge in [-0.2, -0.15) is 13.2 Å². The normalized spacial score (nSPS) is 65.5. The van der Waals surface area contributed by atoms with Gasteiger partial charge in [-0.1, -0.05) is 20.8 Å². The minimum absolute atomic E-state index is 0.0587. The molecule has 0 saturated heterocycles. The predicted molar refractivity (Wildman–Crippen MR) is 84.9 cm³/mol. The average molecular weight is 358 g/mol. The van der Waals surface area contributed by atoms with E-state index in [2.05, 4.69) is 25.8 Å². The van der Waals surface area contributed by atoms with Crippen LogP contribution in [0.15, 0.2) is 6.20 Å². The van der Waals surface area contributed by atoms with Gasteiger partial charge in [0, 0.05) is 17.7 Å². The summed E-state index contributed by atoms with van der Waals surface area (Å²) in [6, 6.07) is 0.283. The van der Waals surface area contributed by atoms with E-state index >= 15 is 0 Å². The zero-order valence-electron chi connectivity index (χ0n) is 15.1. The van der Waals surface area contributed by atoms with E-state index in [4.69, 9.17) is 0 Å². The van der Waals surface area contributed by atoms with Gasteiger partial charge in [-0.3, -0.25) is 0 Å². The first kappa shape index (κ1) is 13.2. The Kier molecular flexibility index (Phi) is 1.36. The van der Waals surface area contributed by atoms with Gasteiger partial charge >= 0.3 is 6.18 Å². The van der Waals surface area contributed by atoms with Crippen molar-refractivity contribution in [1.82, 2.24) is 9.55 Å². The van der Waals surface area contributed by atoms with Crippen molar-refractivity contribution in [3.8, 4) is 0 Å². The molecule has 0 N–H and O–H groups in total. The molecule has 0 radical (unpaired) electrons. The second-order valence-electron chi connectivity index (χ2n) is 12.0. The quantitative estimate of drug-likeness (QED) is 0.772. The minimum atomic E-state index is -4.32. The lowest BCUT2D eigenvalue weighted by Gasteiger charge is -2.88. The molecule has 2 nitrogen and oxygen atoms in total. The van der Waals surface area contributed by atoms with Crippen LogP contribution in [0.5, 0.6) is 0 Å². The highest BCUT2D eigenvalue weighted by Gasteiger charge is 3.31. The molecule has 136 valence electrons. The Balaban J connectivity index is 1.25. The van der Waals surface area contributed by atoms with Crippen LogP contribution in [-0.2, 0) is 11.6 Å². The molecule has 5 heteroatoms. The number of halogens is 3. The Bertz CT molecular complexity index is 977. The van der Waals surface area contributed by atoms with Crippen LogP contribution >= 0.6 is 0 Å². The molecule has 6 atom stereocenters. The van der Waals surface area contributed by atoms with Crippen molar-refractivity contribution in [1.29, 1.82) is 0 Å². The summed E-state index contributed by atoms with van der Waals surface area (Å²) in [5.41, 5.74) is 1.47. The van der Waals surface area contributed by atoms with Crippen molar-refractivity contribution in [2.45, 2.75) is 51.2 Å². The van der Waals surface area contributed by atoms with E-state index in [1.165, 1.54) is 6.20 Å². The average Bonchev–Trinajstić information content (AvgIpc) is 3.38. The zero-order valence-corrected chi connectivity index (χ0v) is 15.1. The van der Waals surface area contributed by atoms with E-state index in [0.29, 0.717) is 39.4 Å². The van der Waals surface area contributed by atoms with Crippen molar-refractivity contribution in [3.63, 3.8) is 0 Å². The molecule has 8 saturated carbocycles. The number of aromatic nitrogens is 2. The first-order valence-corrected chi connectivity index (χ1v) is 10.3. The fourth-order valence-electron chi connectivity index (χ4n) is 11.8. The molecule has 0 aliphatic heterocycles. The second-order valence-corrected chi connectivity index (χ2v) is 12.0. The molecule has 0 amide bonds. The molecule has 9 rings (SSSR count). The molecule has 1 heterocycles. The third-order valence-corrected chi connectivity index (χ3v) is 11.3. The fourth-order valence-corrected chi connectivity index (χ4v) is 11.8. The Hall–Kier alpha value is -1.00. The number of imidazole rings is 1. The van der Waals surface area contributed by atoms with Crippen LogP contribution in [0.25, 0.3) is 0 Å². The monoisotopic (exact) mass is 358 g/mol. The highest BCUT2D eigenvalue weighted by molar-refractivity contribution is 5.79. The molecule has 1 aromatic rings. The predicted octanol–water partition coefficient (Wildman–Crippen LogP) is 4.27. The highest BCUT2D eigenvalue weighted by atomic mass is 19.4. The molecular weight excluding hydrogens is 337 g/mol. The lowest BCUT2D eigenvalue weighted by Crippen LogP contribution is -2.88. The van der Waals surface area contributed by atoms with Gasteiger partial charge in [0.15, 0.2) is 5.69 Å². The number of nitrogens with zero attached hydrogens (tertiary/aromatic N) is 2. The third kappa shape index (κ3) is 0.690. The summed E-state index contributed by atoms with van der Waals surface area (Å²) in [5.74, 6) is 5.50. The van der Waals surface area contributed by atoms with E-state index in [9.17, 15) is 13.2 Å². The van der Waals surface area contributed by atoms with E-state index in [-0.39, 0.29) is 11.5 Å². The van der Waals surface area contributed by atoms with E-state index in [0.717, 1.165) is 36.4 Å². The van der Waals surface area contributed by atoms with Crippen molar-refractivity contribution in [2.24, 2.45) is 57.2 Å². The van der Waals surface area contributed by atoms with Crippen LogP contribution < -0.4 is 0 Å². The Labute approximate surface area is 149 Å². The van der Waals surface area contributed by atoms with Crippen LogP contribution in [-0.4, -0.2) is 9.55 Å². The lowest BCUT2D eigenvalue weighted by atomic mass is 9.14. The van der Waals surface area contributed by atoms with Crippen molar-refractivity contribution < 1.29 is 13.2 Å². The Morgan fingerprint density at radius 1 is 1.00 bits per heavy atom. The standard InChI is InChI=1S/C21H21F3N2/c1-16(2,3)20-11-9-17(11)13-18(14(17)20)10(12(18)20)19(9,13)15-25-8(21(22,23)24)6-26(15)7-4-5-7/h6-7,9-14H,4-5H2,1-3H3. The first-order chi connectivity index (χ1) is 12.2. The van der Waals surface area contributed by atoms with Gasteiger partial charge in [0.05, 0.1) is 0 Å². The number of hydrogen-bond acceptors (Lipinski definition) is 1. The number of hydrogen-bond donors (Lipinski definition) is 0. The largest absolute Gasteiger partial charge is 0.434 e. The van der Waals surface area contributed by atoms with E-state index in [1.807, 2.05) is 4.57 Å². The van der Waals surface area contributed by atoms with E-state index in [1.54, 1.807) is 0 Å². The number of alkyl halides is 3. The Morgan fingerprint density at radius 3 is 2.12 bits per heavy atom. The molecule has 8 fully saturated rings. The summed E-state index contributed by atoms with van der Waals surface area (Å²) in [5, 5.41) is 0. The van der Waals surface area contributed by atoms with Gasteiger partial charge in [0.2, 0.25) is 0 Å². The molecule has 0 bridgehead atoms. The maximum Gasteiger partial charge on any atom is 0.434 e. The fraction of sp³-hybridized carbons (Fsp3) is 0.857. The Morgan fingerprint density at radius 2 is 1.62 bits per heavy atom. The maximum atomic E-state index is 13.4. The summed E-state index contributed by atoms with van der Waals surface area (Å²) < 4.78 is 42.2. The lowest BCUT2D eigenvalue weighted by molar-refractivity contribution is -0.418. The van der Waals surface area contributed by atoms with Gasteiger partial charge in [0.25, 0.3) is 0 Å². The van der Waals surface area contributed by atoms with Crippen LogP contribution in [0.1, 0.15) is 51.2 Å². The molecule has 8 aliphatic carbocycles. The summed E-state index contributed by atoms with van der Waals surface area (Å²) >= 11 is 0. The molecular formula is C21H21F3N2. The maximum absolute atomic E-state index is 13.4. The zero-order chi connectivity index (χ0) is 17.6. The molecule has 8 aliphatic rings. The topological polar surface area (TPSA) is 17.8 Å². The number of fused-ring (bicyclic) bond motifs is 6. The summed E-state index contributed by atoms with van der Waals surface area (Å²) in [6.07, 6.45) is -0.924. The van der Waals surface area contributed by atoms with Crippen LogP contribution in [0.2, 0.25) is 0 Å². The molecule has 2 spiro atoms. The van der Waals surface area contributed by atoms with Crippen molar-refractivity contribution in [3.05, 3.63) is 17.7 Å². The van der Waals surface area contributed by atoms with Crippen LogP contribution in [0.3, 0.4) is 0 Å². The summed E-state index contributed by atoms with van der Waals surface area (Å²) in [4.78, 5) is 4.33. The summed E-state index contributed by atoms with van der Waals surface area (Å²) in [6.45, 7) is 7.26. The van der Waals surface area contributed by atoms with Gasteiger partial charge in [-0.05, 0) is 70.0 Å². The molecule has 26 heavy (non-hydrogen) atoms. The minimum Gasteiger partial charge on any atom is -0.331 e. The van der Waals surface area contributed by atoms with Gasteiger partial charge in [0.1, 0.15) is 5.82 Å². The second kappa shape index (κ2) is 2.67. The SMILES string of the molecule is CC(C)(C)C12C3C4C5(c6nc(C(F)(F)F)cn6C6CC6)C6C1C61C5C43C12. The van der Waals surface area contributed by atoms with E-state index < -0.39 is 11.9 Å². The molecule has 0 aromatic carbocycles. The summed E-state index contributed by atoms with van der Waals surface area (Å²) in [7, 11) is 0. The molecule has 6 unspecified atom stereocenters. The van der Waals surface area contributed by atoms with Gasteiger partial charge < -0.3 is 4.57 Å². The van der Waals surface area contributed by atoms with Crippen molar-refractivity contribution in [2.75, 3.05) is 0 Å². The third-order valence-electron chi connectivity index (χ3n) is 11.3. The first-order valence-electron chi connectivity index (χ1n) is 10.3. The van der Waals surface area contributed by atoms with Gasteiger partial charge in [-0.25, -0.2) is 4.98 Å². The molecule has 1 aromatic heterocycles. The van der Waals surface area contributed by atoms with Crippen molar-refractivity contribution >= 4 is 0 Å².